The van der Waals surface area contributed by atoms with Crippen LogP contribution in [0.15, 0.2) is 16.3 Å². The van der Waals surface area contributed by atoms with E-state index in [2.05, 4.69) is 0 Å². The average Bonchev–Trinajstić information content (AvgIpc) is 2.76. The van der Waals surface area contributed by atoms with E-state index in [-0.39, 0.29) is 6.04 Å². The van der Waals surface area contributed by atoms with Gasteiger partial charge in [0.2, 0.25) is 0 Å². The topological polar surface area (TPSA) is 63.4 Å². The van der Waals surface area contributed by atoms with E-state index in [1.807, 2.05) is 19.9 Å². The summed E-state index contributed by atoms with van der Waals surface area (Å²) in [6.07, 6.45) is 1.77. The lowest BCUT2D eigenvalue weighted by Crippen LogP contribution is -2.48. The first-order valence-corrected chi connectivity index (χ1v) is 8.53. The molecule has 1 fully saturated rings. The molecule has 0 aromatic carbocycles. The third-order valence-corrected chi connectivity index (χ3v) is 6.77. The summed E-state index contributed by atoms with van der Waals surface area (Å²) in [4.78, 5) is 1.10. The SMILES string of the molecule is CCc1ccc(S(=O)(=O)N2CC(C)CC(N)C2)s1. The van der Waals surface area contributed by atoms with Crippen LogP contribution >= 0.6 is 11.3 Å². The molecule has 1 aliphatic heterocycles. The maximum atomic E-state index is 12.5. The van der Waals surface area contributed by atoms with Crippen molar-refractivity contribution in [1.29, 1.82) is 0 Å². The van der Waals surface area contributed by atoms with Crippen LogP contribution in [0.1, 0.15) is 25.1 Å². The largest absolute Gasteiger partial charge is 0.326 e. The fourth-order valence-electron chi connectivity index (χ4n) is 2.36. The summed E-state index contributed by atoms with van der Waals surface area (Å²) in [6.45, 7) is 5.09. The predicted octanol–water partition coefficient (Wildman–Crippen LogP) is 1.67. The second-order valence-corrected chi connectivity index (χ2v) is 8.33. The van der Waals surface area contributed by atoms with Crippen LogP contribution in [-0.2, 0) is 16.4 Å². The second-order valence-electron chi connectivity index (χ2n) is 5.00. The molecule has 0 saturated carbocycles. The smallest absolute Gasteiger partial charge is 0.252 e. The molecule has 0 bridgehead atoms. The number of sulfonamides is 1. The Morgan fingerprint density at radius 1 is 1.44 bits per heavy atom. The predicted molar refractivity (Wildman–Crippen MR) is 74.2 cm³/mol. The summed E-state index contributed by atoms with van der Waals surface area (Å²) in [7, 11) is -3.35. The molecule has 2 unspecified atom stereocenters. The van der Waals surface area contributed by atoms with Gasteiger partial charge >= 0.3 is 0 Å². The molecule has 1 aromatic rings. The molecule has 2 rings (SSSR count). The molecule has 1 aromatic heterocycles. The summed E-state index contributed by atoms with van der Waals surface area (Å²) in [5, 5.41) is 0. The molecule has 2 heterocycles. The molecule has 2 atom stereocenters. The maximum Gasteiger partial charge on any atom is 0.252 e. The lowest BCUT2D eigenvalue weighted by molar-refractivity contribution is 0.255. The highest BCUT2D eigenvalue weighted by Gasteiger charge is 2.32. The summed E-state index contributed by atoms with van der Waals surface area (Å²) >= 11 is 1.37. The molecule has 4 nitrogen and oxygen atoms in total. The van der Waals surface area contributed by atoms with Crippen molar-refractivity contribution in [2.75, 3.05) is 13.1 Å². The first-order valence-electron chi connectivity index (χ1n) is 6.28. The minimum Gasteiger partial charge on any atom is -0.326 e. The van der Waals surface area contributed by atoms with Gasteiger partial charge in [0.25, 0.3) is 10.0 Å². The van der Waals surface area contributed by atoms with Gasteiger partial charge in [0.1, 0.15) is 4.21 Å². The zero-order valence-corrected chi connectivity index (χ0v) is 12.4. The van der Waals surface area contributed by atoms with Gasteiger partial charge in [-0.2, -0.15) is 4.31 Å². The van der Waals surface area contributed by atoms with E-state index < -0.39 is 10.0 Å². The summed E-state index contributed by atoms with van der Waals surface area (Å²) < 4.78 is 27.0. The Bertz CT molecular complexity index is 500. The third-order valence-electron chi connectivity index (χ3n) is 3.24. The van der Waals surface area contributed by atoms with Crippen LogP contribution in [0.3, 0.4) is 0 Å². The van der Waals surface area contributed by atoms with E-state index in [0.29, 0.717) is 23.2 Å². The highest BCUT2D eigenvalue weighted by molar-refractivity contribution is 7.91. The van der Waals surface area contributed by atoms with Crippen LogP contribution in [-0.4, -0.2) is 31.9 Å². The molecule has 1 aliphatic rings. The first-order chi connectivity index (χ1) is 8.43. The van der Waals surface area contributed by atoms with Gasteiger partial charge < -0.3 is 5.73 Å². The molecule has 18 heavy (non-hydrogen) atoms. The van der Waals surface area contributed by atoms with E-state index in [1.165, 1.54) is 15.6 Å². The Balaban J connectivity index is 2.25. The lowest BCUT2D eigenvalue weighted by Gasteiger charge is -2.33. The van der Waals surface area contributed by atoms with Crippen molar-refractivity contribution < 1.29 is 8.42 Å². The number of hydrogen-bond acceptors (Lipinski definition) is 4. The molecule has 102 valence electrons. The van der Waals surface area contributed by atoms with E-state index in [0.717, 1.165) is 17.7 Å². The highest BCUT2D eigenvalue weighted by atomic mass is 32.2. The molecule has 0 spiro atoms. The van der Waals surface area contributed by atoms with Crippen molar-refractivity contribution in [3.8, 4) is 0 Å². The minimum absolute atomic E-state index is 0.0471. The number of thiophene rings is 1. The van der Waals surface area contributed by atoms with Crippen LogP contribution in [0.25, 0.3) is 0 Å². The molecule has 1 saturated heterocycles. The van der Waals surface area contributed by atoms with Crippen molar-refractivity contribution in [3.63, 3.8) is 0 Å². The van der Waals surface area contributed by atoms with Gasteiger partial charge in [0.15, 0.2) is 0 Å². The molecule has 0 radical (unpaired) electrons. The van der Waals surface area contributed by atoms with Crippen LogP contribution in [0.5, 0.6) is 0 Å². The first kappa shape index (κ1) is 14.0. The zero-order chi connectivity index (χ0) is 13.3. The van der Waals surface area contributed by atoms with Gasteiger partial charge in [-0.3, -0.25) is 0 Å². The van der Waals surface area contributed by atoms with Crippen LogP contribution in [0.4, 0.5) is 0 Å². The molecular weight excluding hydrogens is 268 g/mol. The van der Waals surface area contributed by atoms with E-state index in [9.17, 15) is 8.42 Å². The summed E-state index contributed by atoms with van der Waals surface area (Å²) in [5.41, 5.74) is 5.92. The monoisotopic (exact) mass is 288 g/mol. The van der Waals surface area contributed by atoms with Crippen molar-refractivity contribution in [3.05, 3.63) is 17.0 Å². The zero-order valence-electron chi connectivity index (χ0n) is 10.8. The summed E-state index contributed by atoms with van der Waals surface area (Å²) in [5.74, 6) is 0.328. The van der Waals surface area contributed by atoms with Gasteiger partial charge in [-0.05, 0) is 30.9 Å². The number of piperidine rings is 1. The van der Waals surface area contributed by atoms with Crippen LogP contribution in [0, 0.1) is 5.92 Å². The van der Waals surface area contributed by atoms with Crippen molar-refractivity contribution in [2.45, 2.75) is 36.9 Å². The standard InChI is InChI=1S/C12H20N2O2S2/c1-3-11-4-5-12(17-11)18(15,16)14-7-9(2)6-10(13)8-14/h4-5,9-10H,3,6-8,13H2,1-2H3. The molecule has 6 heteroatoms. The maximum absolute atomic E-state index is 12.5. The molecule has 0 amide bonds. The minimum atomic E-state index is -3.35. The van der Waals surface area contributed by atoms with Gasteiger partial charge in [0.05, 0.1) is 0 Å². The number of hydrogen-bond donors (Lipinski definition) is 1. The van der Waals surface area contributed by atoms with Gasteiger partial charge in [0, 0.05) is 24.0 Å². The van der Waals surface area contributed by atoms with Gasteiger partial charge in [-0.15, -0.1) is 11.3 Å². The molecule has 0 aliphatic carbocycles. The van der Waals surface area contributed by atoms with Crippen LogP contribution < -0.4 is 5.73 Å². The number of nitrogens with zero attached hydrogens (tertiary/aromatic N) is 1. The average molecular weight is 288 g/mol. The van der Waals surface area contributed by atoms with Crippen molar-refractivity contribution >= 4 is 21.4 Å². The normalized spacial score (nSPS) is 26.4. The fraction of sp³-hybridized carbons (Fsp3) is 0.667. The van der Waals surface area contributed by atoms with Crippen LogP contribution in [0.2, 0.25) is 0 Å². The Morgan fingerprint density at radius 2 is 2.17 bits per heavy atom. The Labute approximate surface area is 113 Å². The number of aryl methyl sites for hydroxylation is 1. The quantitative estimate of drug-likeness (QED) is 0.920. The Hall–Kier alpha value is -0.430. The third kappa shape index (κ3) is 2.77. The van der Waals surface area contributed by atoms with Crippen molar-refractivity contribution in [2.24, 2.45) is 11.7 Å². The highest BCUT2D eigenvalue weighted by Crippen LogP contribution is 2.28. The second kappa shape index (κ2) is 5.28. The summed E-state index contributed by atoms with van der Waals surface area (Å²) in [6, 6.07) is 3.56. The van der Waals surface area contributed by atoms with Gasteiger partial charge in [-0.1, -0.05) is 13.8 Å². The fourth-order valence-corrected chi connectivity index (χ4v) is 5.43. The number of nitrogens with two attached hydrogens (primary N) is 1. The van der Waals surface area contributed by atoms with Crippen molar-refractivity contribution in [1.82, 2.24) is 4.31 Å². The molecular formula is C12H20N2O2S2. The Kier molecular flexibility index (Phi) is 4.11. The van der Waals surface area contributed by atoms with E-state index in [4.69, 9.17) is 5.73 Å². The van der Waals surface area contributed by atoms with Gasteiger partial charge in [-0.25, -0.2) is 8.42 Å². The molecule has 2 N–H and O–H groups in total. The van der Waals surface area contributed by atoms with E-state index >= 15 is 0 Å². The Morgan fingerprint density at radius 3 is 2.72 bits per heavy atom. The van der Waals surface area contributed by atoms with E-state index in [1.54, 1.807) is 6.07 Å². The lowest BCUT2D eigenvalue weighted by atomic mass is 9.99. The number of rotatable bonds is 3.